The third kappa shape index (κ3) is 4.73. The number of carbonyl (C=O) groups is 2. The highest BCUT2D eigenvalue weighted by atomic mass is 32.2. The van der Waals surface area contributed by atoms with Crippen LogP contribution < -0.4 is 5.32 Å². The number of hydrogen-bond donors (Lipinski definition) is 1. The van der Waals surface area contributed by atoms with Crippen LogP contribution in [0, 0.1) is 0 Å². The zero-order valence-electron chi connectivity index (χ0n) is 16.5. The van der Waals surface area contributed by atoms with Crippen molar-refractivity contribution >= 4 is 40.0 Å². The number of nitrogens with zero attached hydrogens (tertiary/aromatic N) is 2. The number of aryl methyl sites for hydroxylation is 1. The van der Waals surface area contributed by atoms with Gasteiger partial charge in [-0.15, -0.1) is 21.5 Å². The minimum absolute atomic E-state index is 0.109. The quantitative estimate of drug-likeness (QED) is 0.413. The number of ether oxygens (including phenoxy) is 1. The van der Waals surface area contributed by atoms with Crippen LogP contribution in [-0.4, -0.2) is 34.4 Å². The van der Waals surface area contributed by atoms with E-state index in [-0.39, 0.29) is 17.6 Å². The summed E-state index contributed by atoms with van der Waals surface area (Å²) in [5.41, 5.74) is 2.60. The Bertz CT molecular complexity index is 1050. The number of anilines is 1. The second kappa shape index (κ2) is 9.44. The normalized spacial score (nSPS) is 12.6. The summed E-state index contributed by atoms with van der Waals surface area (Å²) in [6.07, 6.45) is 3.35. The number of esters is 1. The van der Waals surface area contributed by atoms with Gasteiger partial charge in [-0.2, -0.15) is 0 Å². The molecule has 1 N–H and O–H groups in total. The summed E-state index contributed by atoms with van der Waals surface area (Å²) in [6.45, 7) is 2.07. The van der Waals surface area contributed by atoms with Gasteiger partial charge >= 0.3 is 5.97 Å². The smallest absolute Gasteiger partial charge is 0.341 e. The minimum Gasteiger partial charge on any atom is -0.462 e. The van der Waals surface area contributed by atoms with E-state index in [0.717, 1.165) is 35.3 Å². The molecule has 0 bridgehead atoms. The van der Waals surface area contributed by atoms with Crippen LogP contribution in [0.4, 0.5) is 5.00 Å². The molecule has 1 aromatic carbocycles. The van der Waals surface area contributed by atoms with Crippen LogP contribution in [0.2, 0.25) is 0 Å². The molecule has 30 heavy (non-hydrogen) atoms. The van der Waals surface area contributed by atoms with Crippen molar-refractivity contribution in [3.63, 3.8) is 0 Å². The maximum absolute atomic E-state index is 12.5. The zero-order chi connectivity index (χ0) is 20.9. The molecule has 1 aliphatic rings. The number of thiophene rings is 1. The molecule has 0 unspecified atom stereocenters. The van der Waals surface area contributed by atoms with Crippen molar-refractivity contribution in [3.05, 3.63) is 57.8 Å². The van der Waals surface area contributed by atoms with Gasteiger partial charge in [0.25, 0.3) is 5.22 Å². The molecule has 7 nitrogen and oxygen atoms in total. The molecule has 9 heteroatoms. The van der Waals surface area contributed by atoms with Crippen molar-refractivity contribution in [3.8, 4) is 0 Å². The molecular formula is C21H21N3O4S2. The number of thioether (sulfide) groups is 1. The van der Waals surface area contributed by atoms with Crippen LogP contribution in [0.15, 0.2) is 40.0 Å². The van der Waals surface area contributed by atoms with Gasteiger partial charge in [-0.05, 0) is 37.3 Å². The lowest BCUT2D eigenvalue weighted by Crippen LogP contribution is -2.16. The van der Waals surface area contributed by atoms with Crippen molar-refractivity contribution in [2.45, 2.75) is 37.8 Å². The van der Waals surface area contributed by atoms with Gasteiger partial charge in [0.05, 0.1) is 24.3 Å². The lowest BCUT2D eigenvalue weighted by molar-refractivity contribution is -0.113. The number of rotatable bonds is 8. The SMILES string of the molecule is CCOC(=O)c1c(NC(=O)CSc2nnc(Cc3ccccc3)o2)sc2c1CCC2. The monoisotopic (exact) mass is 443 g/mol. The number of amides is 1. The molecule has 0 saturated heterocycles. The zero-order valence-corrected chi connectivity index (χ0v) is 18.1. The van der Waals surface area contributed by atoms with E-state index in [1.165, 1.54) is 23.1 Å². The Hall–Kier alpha value is -2.65. The Labute approximate surface area is 182 Å². The fourth-order valence-corrected chi connectivity index (χ4v) is 5.21. The Kier molecular flexibility index (Phi) is 6.49. The van der Waals surface area contributed by atoms with Gasteiger partial charge in [-0.3, -0.25) is 4.79 Å². The maximum Gasteiger partial charge on any atom is 0.341 e. The Morgan fingerprint density at radius 3 is 2.87 bits per heavy atom. The molecule has 0 spiro atoms. The van der Waals surface area contributed by atoms with Crippen molar-refractivity contribution < 1.29 is 18.7 Å². The fraction of sp³-hybridized carbons (Fsp3) is 0.333. The predicted molar refractivity (Wildman–Crippen MR) is 115 cm³/mol. The fourth-order valence-electron chi connectivity index (χ4n) is 3.34. The van der Waals surface area contributed by atoms with Crippen LogP contribution in [0.1, 0.15) is 45.6 Å². The molecule has 156 valence electrons. The average Bonchev–Trinajstić information content (AvgIpc) is 3.43. The van der Waals surface area contributed by atoms with Gasteiger partial charge in [0.2, 0.25) is 11.8 Å². The summed E-state index contributed by atoms with van der Waals surface area (Å²) >= 11 is 2.64. The van der Waals surface area contributed by atoms with E-state index in [0.29, 0.717) is 34.7 Å². The average molecular weight is 444 g/mol. The number of hydrogen-bond acceptors (Lipinski definition) is 8. The van der Waals surface area contributed by atoms with Gasteiger partial charge < -0.3 is 14.5 Å². The maximum atomic E-state index is 12.5. The van der Waals surface area contributed by atoms with Gasteiger partial charge in [0, 0.05) is 4.88 Å². The molecule has 0 atom stereocenters. The minimum atomic E-state index is -0.373. The molecule has 2 heterocycles. The molecule has 1 amide bonds. The highest BCUT2D eigenvalue weighted by Gasteiger charge is 2.28. The van der Waals surface area contributed by atoms with E-state index in [1.807, 2.05) is 30.3 Å². The molecule has 3 aromatic rings. The van der Waals surface area contributed by atoms with Gasteiger partial charge in [-0.1, -0.05) is 42.1 Å². The first-order chi connectivity index (χ1) is 14.6. The van der Waals surface area contributed by atoms with E-state index in [2.05, 4.69) is 15.5 Å². The molecule has 4 rings (SSSR count). The molecular weight excluding hydrogens is 422 g/mol. The van der Waals surface area contributed by atoms with Crippen molar-refractivity contribution in [2.24, 2.45) is 0 Å². The number of fused-ring (bicyclic) bond motifs is 1. The third-order valence-electron chi connectivity index (χ3n) is 4.63. The van der Waals surface area contributed by atoms with E-state index >= 15 is 0 Å². The topological polar surface area (TPSA) is 94.3 Å². The molecule has 0 fully saturated rings. The van der Waals surface area contributed by atoms with Crippen LogP contribution in [-0.2, 0) is 28.8 Å². The first kappa shape index (κ1) is 20.6. The van der Waals surface area contributed by atoms with Crippen molar-refractivity contribution in [1.82, 2.24) is 10.2 Å². The first-order valence-corrected chi connectivity index (χ1v) is 11.5. The molecule has 0 radical (unpaired) electrons. The summed E-state index contributed by atoms with van der Waals surface area (Å²) in [5, 5.41) is 11.8. The van der Waals surface area contributed by atoms with Crippen LogP contribution in [0.5, 0.6) is 0 Å². The number of nitrogens with one attached hydrogen (secondary N) is 1. The van der Waals surface area contributed by atoms with E-state index < -0.39 is 0 Å². The van der Waals surface area contributed by atoms with E-state index in [4.69, 9.17) is 9.15 Å². The van der Waals surface area contributed by atoms with Crippen LogP contribution >= 0.6 is 23.1 Å². The predicted octanol–water partition coefficient (Wildman–Crippen LogP) is 4.12. The molecule has 2 aromatic heterocycles. The Morgan fingerprint density at radius 2 is 2.07 bits per heavy atom. The van der Waals surface area contributed by atoms with Crippen molar-refractivity contribution in [1.29, 1.82) is 0 Å². The Morgan fingerprint density at radius 1 is 1.23 bits per heavy atom. The molecule has 0 aliphatic heterocycles. The molecule has 0 saturated carbocycles. The second-order valence-corrected chi connectivity index (χ2v) is 8.77. The van der Waals surface area contributed by atoms with Crippen LogP contribution in [0.3, 0.4) is 0 Å². The standard InChI is InChI=1S/C21H21N3O4S2/c1-2-27-20(26)18-14-9-6-10-15(14)30-19(18)22-16(25)12-29-21-24-23-17(28-21)11-13-7-4-3-5-8-13/h3-5,7-8H,2,6,9-12H2,1H3,(H,22,25). The lowest BCUT2D eigenvalue weighted by Gasteiger charge is -2.07. The number of aromatic nitrogens is 2. The van der Waals surface area contributed by atoms with Crippen LogP contribution in [0.25, 0.3) is 0 Å². The summed E-state index contributed by atoms with van der Waals surface area (Å²) in [5.74, 6) is 0.0108. The summed E-state index contributed by atoms with van der Waals surface area (Å²) in [7, 11) is 0. The van der Waals surface area contributed by atoms with Crippen molar-refractivity contribution in [2.75, 3.05) is 17.7 Å². The Balaban J connectivity index is 1.36. The highest BCUT2D eigenvalue weighted by Crippen LogP contribution is 2.39. The van der Waals surface area contributed by atoms with Gasteiger partial charge in [0.15, 0.2) is 0 Å². The number of benzene rings is 1. The summed E-state index contributed by atoms with van der Waals surface area (Å²) < 4.78 is 10.8. The second-order valence-electron chi connectivity index (χ2n) is 6.74. The number of carbonyl (C=O) groups excluding carboxylic acids is 2. The lowest BCUT2D eigenvalue weighted by atomic mass is 10.1. The summed E-state index contributed by atoms with van der Waals surface area (Å²) in [4.78, 5) is 26.0. The summed E-state index contributed by atoms with van der Waals surface area (Å²) in [6, 6.07) is 9.84. The third-order valence-corrected chi connectivity index (χ3v) is 6.65. The molecule has 1 aliphatic carbocycles. The van der Waals surface area contributed by atoms with E-state index in [1.54, 1.807) is 6.92 Å². The van der Waals surface area contributed by atoms with Gasteiger partial charge in [-0.25, -0.2) is 4.79 Å². The first-order valence-electron chi connectivity index (χ1n) is 9.74. The van der Waals surface area contributed by atoms with E-state index in [9.17, 15) is 9.59 Å². The highest BCUT2D eigenvalue weighted by molar-refractivity contribution is 7.99. The largest absolute Gasteiger partial charge is 0.462 e. The van der Waals surface area contributed by atoms with Gasteiger partial charge in [0.1, 0.15) is 5.00 Å².